The lowest BCUT2D eigenvalue weighted by molar-refractivity contribution is 0.0999. The van der Waals surface area contributed by atoms with Gasteiger partial charge in [0.1, 0.15) is 6.61 Å². The molecule has 2 aromatic carbocycles. The van der Waals surface area contributed by atoms with E-state index in [1.165, 1.54) is 7.11 Å². The van der Waals surface area contributed by atoms with Crippen molar-refractivity contribution >= 4 is 5.91 Å². The Bertz CT molecular complexity index is 666. The summed E-state index contributed by atoms with van der Waals surface area (Å²) in [5.41, 5.74) is 7.61. The molecule has 0 atom stereocenters. The highest BCUT2D eigenvalue weighted by atomic mass is 16.5. The topological polar surface area (TPSA) is 61.6 Å². The molecule has 0 fully saturated rings. The Labute approximate surface area is 130 Å². The fourth-order valence-electron chi connectivity index (χ4n) is 2.15. The van der Waals surface area contributed by atoms with Crippen LogP contribution >= 0.6 is 0 Å². The van der Waals surface area contributed by atoms with E-state index in [4.69, 9.17) is 15.2 Å². The number of benzene rings is 2. The van der Waals surface area contributed by atoms with Gasteiger partial charge in [0.05, 0.1) is 7.11 Å². The summed E-state index contributed by atoms with van der Waals surface area (Å²) in [6.45, 7) is 4.15. The molecular weight excluding hydrogens is 278 g/mol. The third-order valence-corrected chi connectivity index (χ3v) is 3.23. The van der Waals surface area contributed by atoms with Crippen molar-refractivity contribution in [3.63, 3.8) is 0 Å². The van der Waals surface area contributed by atoms with Crippen molar-refractivity contribution in [1.29, 1.82) is 0 Å². The van der Waals surface area contributed by atoms with Gasteiger partial charge in [0.15, 0.2) is 11.5 Å². The van der Waals surface area contributed by atoms with Crippen LogP contribution in [0, 0.1) is 0 Å². The second kappa shape index (κ2) is 7.31. The number of nitrogens with two attached hydrogens (primary N) is 1. The summed E-state index contributed by atoms with van der Waals surface area (Å²) in [5.74, 6) is 0.596. The molecule has 0 aliphatic rings. The zero-order valence-corrected chi connectivity index (χ0v) is 12.5. The number of methoxy groups -OCH3 is 1. The first kappa shape index (κ1) is 15.6. The molecule has 0 saturated carbocycles. The highest BCUT2D eigenvalue weighted by Crippen LogP contribution is 2.34. The van der Waals surface area contributed by atoms with E-state index in [9.17, 15) is 4.79 Å². The molecule has 22 heavy (non-hydrogen) atoms. The van der Waals surface area contributed by atoms with Gasteiger partial charge in [-0.05, 0) is 24.1 Å². The largest absolute Gasteiger partial charge is 0.493 e. The minimum absolute atomic E-state index is 0.390. The third-order valence-electron chi connectivity index (χ3n) is 3.23. The molecule has 0 radical (unpaired) electrons. The molecular formula is C18H19NO3. The molecule has 1 amide bonds. The van der Waals surface area contributed by atoms with E-state index in [-0.39, 0.29) is 0 Å². The molecule has 0 bridgehead atoms. The number of ether oxygens (including phenoxy) is 2. The van der Waals surface area contributed by atoms with Gasteiger partial charge in [-0.3, -0.25) is 4.79 Å². The van der Waals surface area contributed by atoms with E-state index < -0.39 is 5.91 Å². The van der Waals surface area contributed by atoms with Crippen molar-refractivity contribution in [2.45, 2.75) is 13.0 Å². The molecule has 0 saturated heterocycles. The number of allylic oxidation sites excluding steroid dienone is 1. The van der Waals surface area contributed by atoms with E-state index in [1.807, 2.05) is 30.3 Å². The number of hydrogen-bond donors (Lipinski definition) is 1. The summed E-state index contributed by atoms with van der Waals surface area (Å²) < 4.78 is 11.3. The number of amides is 1. The van der Waals surface area contributed by atoms with E-state index in [1.54, 1.807) is 18.2 Å². The average Bonchev–Trinajstić information content (AvgIpc) is 2.54. The van der Waals surface area contributed by atoms with Gasteiger partial charge >= 0.3 is 0 Å². The van der Waals surface area contributed by atoms with Crippen molar-refractivity contribution < 1.29 is 14.3 Å². The van der Waals surface area contributed by atoms with Gasteiger partial charge in [-0.2, -0.15) is 0 Å². The Morgan fingerprint density at radius 3 is 2.59 bits per heavy atom. The van der Waals surface area contributed by atoms with E-state index >= 15 is 0 Å². The van der Waals surface area contributed by atoms with Gasteiger partial charge in [0.25, 0.3) is 0 Å². The maximum Gasteiger partial charge on any atom is 0.248 e. The predicted molar refractivity (Wildman–Crippen MR) is 86.2 cm³/mol. The van der Waals surface area contributed by atoms with Crippen LogP contribution in [0.25, 0.3) is 0 Å². The first-order chi connectivity index (χ1) is 10.7. The summed E-state index contributed by atoms with van der Waals surface area (Å²) in [6, 6.07) is 13.1. The molecule has 0 aliphatic carbocycles. The predicted octanol–water partition coefficient (Wildman–Crippen LogP) is 3.10. The maximum absolute atomic E-state index is 11.4. The normalized spacial score (nSPS) is 10.0. The Kier molecular flexibility index (Phi) is 5.20. The summed E-state index contributed by atoms with van der Waals surface area (Å²) in [6.07, 6.45) is 2.30. The van der Waals surface area contributed by atoms with Gasteiger partial charge < -0.3 is 15.2 Å². The standard InChI is InChI=1S/C18H19NO3/c1-3-7-14-10-15(18(19)20)11-16(21-2)17(14)22-12-13-8-5-4-6-9-13/h3-6,8-11H,1,7,12H2,2H3,(H2,19,20). The van der Waals surface area contributed by atoms with Crippen molar-refractivity contribution in [3.8, 4) is 11.5 Å². The molecule has 0 unspecified atom stereocenters. The van der Waals surface area contributed by atoms with Gasteiger partial charge in [-0.1, -0.05) is 36.4 Å². The fraction of sp³-hybridized carbons (Fsp3) is 0.167. The van der Waals surface area contributed by atoms with Crippen LogP contribution in [0.5, 0.6) is 11.5 Å². The number of primary amides is 1. The Morgan fingerprint density at radius 2 is 2.00 bits per heavy atom. The molecule has 0 aromatic heterocycles. The molecule has 0 aliphatic heterocycles. The molecule has 4 heteroatoms. The molecule has 2 rings (SSSR count). The molecule has 0 heterocycles. The number of rotatable bonds is 7. The van der Waals surface area contributed by atoms with Gasteiger partial charge in [0, 0.05) is 11.1 Å². The number of carbonyl (C=O) groups excluding carboxylic acids is 1. The Hall–Kier alpha value is -2.75. The van der Waals surface area contributed by atoms with Crippen molar-refractivity contribution in [1.82, 2.24) is 0 Å². The van der Waals surface area contributed by atoms with Gasteiger partial charge in [-0.15, -0.1) is 6.58 Å². The van der Waals surface area contributed by atoms with Crippen LogP contribution < -0.4 is 15.2 Å². The van der Waals surface area contributed by atoms with Crippen LogP contribution in [-0.2, 0) is 13.0 Å². The van der Waals surface area contributed by atoms with Gasteiger partial charge in [0.2, 0.25) is 5.91 Å². The monoisotopic (exact) mass is 297 g/mol. The second-order valence-electron chi connectivity index (χ2n) is 4.80. The smallest absolute Gasteiger partial charge is 0.248 e. The average molecular weight is 297 g/mol. The minimum atomic E-state index is -0.502. The lowest BCUT2D eigenvalue weighted by Gasteiger charge is -2.16. The zero-order chi connectivity index (χ0) is 15.9. The fourth-order valence-corrected chi connectivity index (χ4v) is 2.15. The summed E-state index contributed by atoms with van der Waals surface area (Å²) in [5, 5.41) is 0. The number of hydrogen-bond acceptors (Lipinski definition) is 3. The van der Waals surface area contributed by atoms with Crippen LogP contribution in [0.15, 0.2) is 55.1 Å². The third kappa shape index (κ3) is 3.67. The quantitative estimate of drug-likeness (QED) is 0.799. The highest BCUT2D eigenvalue weighted by molar-refractivity contribution is 5.93. The molecule has 2 N–H and O–H groups in total. The Balaban J connectivity index is 2.34. The summed E-state index contributed by atoms with van der Waals surface area (Å²) >= 11 is 0. The van der Waals surface area contributed by atoms with Crippen molar-refractivity contribution in [2.75, 3.05) is 7.11 Å². The van der Waals surface area contributed by atoms with Crippen LogP contribution in [0.4, 0.5) is 0 Å². The van der Waals surface area contributed by atoms with Crippen LogP contribution in [0.3, 0.4) is 0 Å². The molecule has 0 spiro atoms. The highest BCUT2D eigenvalue weighted by Gasteiger charge is 2.15. The molecule has 2 aromatic rings. The maximum atomic E-state index is 11.4. The lowest BCUT2D eigenvalue weighted by atomic mass is 10.1. The first-order valence-corrected chi connectivity index (χ1v) is 6.94. The summed E-state index contributed by atoms with van der Waals surface area (Å²) in [7, 11) is 1.53. The zero-order valence-electron chi connectivity index (χ0n) is 12.5. The van der Waals surface area contributed by atoms with E-state index in [0.29, 0.717) is 30.1 Å². The number of carbonyl (C=O) groups is 1. The molecule has 114 valence electrons. The minimum Gasteiger partial charge on any atom is -0.493 e. The van der Waals surface area contributed by atoms with Crippen LogP contribution in [-0.4, -0.2) is 13.0 Å². The second-order valence-corrected chi connectivity index (χ2v) is 4.80. The Morgan fingerprint density at radius 1 is 1.27 bits per heavy atom. The van der Waals surface area contributed by atoms with Crippen LogP contribution in [0.2, 0.25) is 0 Å². The van der Waals surface area contributed by atoms with Crippen molar-refractivity contribution in [2.24, 2.45) is 5.73 Å². The van der Waals surface area contributed by atoms with Crippen molar-refractivity contribution in [3.05, 3.63) is 71.8 Å². The van der Waals surface area contributed by atoms with Gasteiger partial charge in [-0.25, -0.2) is 0 Å². The summed E-state index contributed by atoms with van der Waals surface area (Å²) in [4.78, 5) is 11.4. The SMILES string of the molecule is C=CCc1cc(C(N)=O)cc(OC)c1OCc1ccccc1. The van der Waals surface area contributed by atoms with Crippen LogP contribution in [0.1, 0.15) is 21.5 Å². The van der Waals surface area contributed by atoms with E-state index in [2.05, 4.69) is 6.58 Å². The van der Waals surface area contributed by atoms with E-state index in [0.717, 1.165) is 11.1 Å². The lowest BCUT2D eigenvalue weighted by Crippen LogP contribution is -2.12. The first-order valence-electron chi connectivity index (χ1n) is 6.94. The molecule has 4 nitrogen and oxygen atoms in total.